The van der Waals surface area contributed by atoms with Gasteiger partial charge in [0.25, 0.3) is 0 Å². The van der Waals surface area contributed by atoms with Crippen LogP contribution in [0.5, 0.6) is 5.75 Å². The van der Waals surface area contributed by atoms with Crippen LogP contribution in [-0.4, -0.2) is 5.11 Å². The molecule has 1 saturated carbocycles. The van der Waals surface area contributed by atoms with Gasteiger partial charge in [-0.15, -0.1) is 0 Å². The van der Waals surface area contributed by atoms with E-state index in [0.717, 1.165) is 12.0 Å². The highest BCUT2D eigenvalue weighted by molar-refractivity contribution is 6.37. The summed E-state index contributed by atoms with van der Waals surface area (Å²) < 4.78 is 0. The van der Waals surface area contributed by atoms with E-state index < -0.39 is 0 Å². The smallest absolute Gasteiger partial charge is 0.152 e. The Morgan fingerprint density at radius 3 is 2.22 bits per heavy atom. The molecule has 0 aromatic heterocycles. The lowest BCUT2D eigenvalue weighted by molar-refractivity contribution is 0.168. The molecule has 1 nitrogen and oxygen atoms in total. The monoisotopic (exact) mass is 286 g/mol. The van der Waals surface area contributed by atoms with E-state index in [1.807, 2.05) is 12.1 Å². The maximum Gasteiger partial charge on any atom is 0.152 e. The first-order valence-corrected chi connectivity index (χ1v) is 7.22. The molecule has 0 saturated heterocycles. The number of halogens is 2. The zero-order valence-corrected chi connectivity index (χ0v) is 12.6. The Hall–Kier alpha value is -0.400. The molecule has 1 aliphatic rings. The number of rotatable bonds is 1. The lowest BCUT2D eigenvalue weighted by Gasteiger charge is -2.39. The number of hydrogen-bond donors (Lipinski definition) is 1. The first-order valence-electron chi connectivity index (χ1n) is 6.46. The Labute approximate surface area is 119 Å². The van der Waals surface area contributed by atoms with Gasteiger partial charge in [0.15, 0.2) is 5.75 Å². The van der Waals surface area contributed by atoms with Crippen molar-refractivity contribution >= 4 is 23.2 Å². The van der Waals surface area contributed by atoms with Crippen molar-refractivity contribution in [2.75, 3.05) is 0 Å². The van der Waals surface area contributed by atoms with Gasteiger partial charge < -0.3 is 5.11 Å². The van der Waals surface area contributed by atoms with Crippen molar-refractivity contribution in [2.45, 2.75) is 46.0 Å². The summed E-state index contributed by atoms with van der Waals surface area (Å²) in [6.45, 7) is 6.94. The molecule has 0 radical (unpaired) electrons. The van der Waals surface area contributed by atoms with Crippen LogP contribution in [0.3, 0.4) is 0 Å². The fraction of sp³-hybridized carbons (Fsp3) is 0.600. The molecule has 2 rings (SSSR count). The van der Waals surface area contributed by atoms with Gasteiger partial charge >= 0.3 is 0 Å². The van der Waals surface area contributed by atoms with Crippen molar-refractivity contribution in [3.8, 4) is 5.75 Å². The van der Waals surface area contributed by atoms with Crippen molar-refractivity contribution in [3.63, 3.8) is 0 Å². The summed E-state index contributed by atoms with van der Waals surface area (Å²) in [5.41, 5.74) is 1.52. The molecule has 0 spiro atoms. The molecule has 100 valence electrons. The first kappa shape index (κ1) is 14.0. The standard InChI is InChI=1S/C15H20Cl2O/c1-9-4-11(8-15(2,3)7-9)10-5-12(16)14(18)13(17)6-10/h5-6,9,11,18H,4,7-8H2,1-3H3. The van der Waals surface area contributed by atoms with Gasteiger partial charge in [-0.1, -0.05) is 44.0 Å². The Bertz CT molecular complexity index is 431. The van der Waals surface area contributed by atoms with Crippen molar-refractivity contribution in [1.29, 1.82) is 0 Å². The SMILES string of the molecule is CC1CC(c2cc(Cl)c(O)c(Cl)c2)CC(C)(C)C1. The number of phenolic OH excluding ortho intramolecular Hbond substituents is 1. The molecule has 0 amide bonds. The molecular weight excluding hydrogens is 267 g/mol. The lowest BCUT2D eigenvalue weighted by atomic mass is 9.66. The van der Waals surface area contributed by atoms with Crippen LogP contribution in [-0.2, 0) is 0 Å². The summed E-state index contributed by atoms with van der Waals surface area (Å²) in [6, 6.07) is 3.73. The van der Waals surface area contributed by atoms with Gasteiger partial charge in [-0.05, 0) is 54.2 Å². The Kier molecular flexibility index (Phi) is 3.85. The van der Waals surface area contributed by atoms with Crippen LogP contribution in [0, 0.1) is 11.3 Å². The van der Waals surface area contributed by atoms with Crippen molar-refractivity contribution in [3.05, 3.63) is 27.7 Å². The largest absolute Gasteiger partial charge is 0.505 e. The Morgan fingerprint density at radius 2 is 1.72 bits per heavy atom. The molecule has 1 N–H and O–H groups in total. The number of phenols is 1. The fourth-order valence-corrected chi connectivity index (χ4v) is 3.92. The number of aromatic hydroxyl groups is 1. The molecule has 1 fully saturated rings. The summed E-state index contributed by atoms with van der Waals surface area (Å²) in [5, 5.41) is 10.3. The highest BCUT2D eigenvalue weighted by atomic mass is 35.5. The summed E-state index contributed by atoms with van der Waals surface area (Å²) in [5.74, 6) is 1.19. The van der Waals surface area contributed by atoms with E-state index >= 15 is 0 Å². The van der Waals surface area contributed by atoms with Crippen LogP contribution in [0.2, 0.25) is 10.0 Å². The summed E-state index contributed by atoms with van der Waals surface area (Å²) in [6.07, 6.45) is 3.58. The Morgan fingerprint density at radius 1 is 1.17 bits per heavy atom. The summed E-state index contributed by atoms with van der Waals surface area (Å²) in [7, 11) is 0. The number of hydrogen-bond acceptors (Lipinski definition) is 1. The highest BCUT2D eigenvalue weighted by Gasteiger charge is 2.33. The van der Waals surface area contributed by atoms with Crippen molar-refractivity contribution in [2.24, 2.45) is 11.3 Å². The molecule has 1 aromatic rings. The zero-order valence-electron chi connectivity index (χ0n) is 11.1. The highest BCUT2D eigenvalue weighted by Crippen LogP contribution is 2.47. The van der Waals surface area contributed by atoms with E-state index in [1.165, 1.54) is 12.8 Å². The third-order valence-corrected chi connectivity index (χ3v) is 4.47. The maximum absolute atomic E-state index is 9.62. The first-order chi connectivity index (χ1) is 8.28. The molecule has 2 unspecified atom stereocenters. The van der Waals surface area contributed by atoms with Crippen molar-refractivity contribution in [1.82, 2.24) is 0 Å². The predicted octanol–water partition coefficient (Wildman–Crippen LogP) is 5.63. The van der Waals surface area contributed by atoms with E-state index in [4.69, 9.17) is 23.2 Å². The van der Waals surface area contributed by atoms with Gasteiger partial charge in [-0.2, -0.15) is 0 Å². The normalized spacial score (nSPS) is 27.2. The second kappa shape index (κ2) is 4.94. The van der Waals surface area contributed by atoms with E-state index in [0.29, 0.717) is 27.3 Å². The van der Waals surface area contributed by atoms with Gasteiger partial charge in [0.05, 0.1) is 10.0 Å². The molecule has 1 aromatic carbocycles. The average Bonchev–Trinajstić information content (AvgIpc) is 2.22. The lowest BCUT2D eigenvalue weighted by Crippen LogP contribution is -2.26. The van der Waals surface area contributed by atoms with Crippen LogP contribution >= 0.6 is 23.2 Å². The molecule has 3 heteroatoms. The number of benzene rings is 1. The van der Waals surface area contributed by atoms with Crippen LogP contribution in [0.1, 0.15) is 51.5 Å². The molecule has 0 bridgehead atoms. The average molecular weight is 287 g/mol. The van der Waals surface area contributed by atoms with Crippen molar-refractivity contribution < 1.29 is 5.11 Å². The topological polar surface area (TPSA) is 20.2 Å². The Balaban J connectivity index is 2.31. The minimum atomic E-state index is -0.00907. The molecule has 0 aliphatic heterocycles. The van der Waals surface area contributed by atoms with E-state index in [9.17, 15) is 5.11 Å². The van der Waals surface area contributed by atoms with Crippen LogP contribution in [0.4, 0.5) is 0 Å². The molecule has 1 aliphatic carbocycles. The van der Waals surface area contributed by atoms with E-state index in [-0.39, 0.29) is 5.75 Å². The quantitative estimate of drug-likeness (QED) is 0.709. The molecule has 0 heterocycles. The minimum Gasteiger partial charge on any atom is -0.505 e. The summed E-state index contributed by atoms with van der Waals surface area (Å²) >= 11 is 12.0. The third kappa shape index (κ3) is 2.95. The minimum absolute atomic E-state index is 0.00907. The zero-order chi connectivity index (χ0) is 13.5. The van der Waals surface area contributed by atoms with Gasteiger partial charge in [-0.25, -0.2) is 0 Å². The van der Waals surface area contributed by atoms with E-state index in [2.05, 4.69) is 20.8 Å². The van der Waals surface area contributed by atoms with Crippen LogP contribution < -0.4 is 0 Å². The van der Waals surface area contributed by atoms with Gasteiger partial charge in [-0.3, -0.25) is 0 Å². The summed E-state index contributed by atoms with van der Waals surface area (Å²) in [4.78, 5) is 0. The van der Waals surface area contributed by atoms with Gasteiger partial charge in [0.1, 0.15) is 0 Å². The van der Waals surface area contributed by atoms with Crippen LogP contribution in [0.15, 0.2) is 12.1 Å². The predicted molar refractivity (Wildman–Crippen MR) is 77.7 cm³/mol. The van der Waals surface area contributed by atoms with Gasteiger partial charge in [0, 0.05) is 0 Å². The molecule has 2 atom stereocenters. The maximum atomic E-state index is 9.62. The van der Waals surface area contributed by atoms with Crippen LogP contribution in [0.25, 0.3) is 0 Å². The second-order valence-corrected chi connectivity index (χ2v) is 7.26. The molecule has 18 heavy (non-hydrogen) atoms. The van der Waals surface area contributed by atoms with Gasteiger partial charge in [0.2, 0.25) is 0 Å². The molecular formula is C15H20Cl2O. The van der Waals surface area contributed by atoms with E-state index in [1.54, 1.807) is 0 Å². The second-order valence-electron chi connectivity index (χ2n) is 6.44. The third-order valence-electron chi connectivity index (χ3n) is 3.90. The fourth-order valence-electron chi connectivity index (χ4n) is 3.42.